The number of phenols is 2. The molecule has 3 heteroatoms. The maximum absolute atomic E-state index is 9.62. The molecule has 2 aromatic rings. The van der Waals surface area contributed by atoms with Crippen molar-refractivity contribution in [1.82, 2.24) is 5.32 Å². The van der Waals surface area contributed by atoms with E-state index in [0.29, 0.717) is 12.1 Å². The molecular weight excluding hydrogens is 286 g/mol. The van der Waals surface area contributed by atoms with Crippen molar-refractivity contribution >= 4 is 0 Å². The third-order valence-corrected chi connectivity index (χ3v) is 4.72. The minimum absolute atomic E-state index is 0.0288. The number of piperidine rings is 1. The fourth-order valence-electron chi connectivity index (χ4n) is 3.47. The maximum Gasteiger partial charge on any atom is 0.157 e. The first kappa shape index (κ1) is 15.9. The average Bonchev–Trinajstić information content (AvgIpc) is 2.58. The summed E-state index contributed by atoms with van der Waals surface area (Å²) in [6.45, 7) is 0. The van der Waals surface area contributed by atoms with E-state index in [1.54, 1.807) is 12.1 Å². The van der Waals surface area contributed by atoms with E-state index in [-0.39, 0.29) is 11.5 Å². The highest BCUT2D eigenvalue weighted by molar-refractivity contribution is 5.40. The lowest BCUT2D eigenvalue weighted by Crippen LogP contribution is -2.43. The second-order valence-electron chi connectivity index (χ2n) is 6.54. The summed E-state index contributed by atoms with van der Waals surface area (Å²) in [5, 5.41) is 22.8. The minimum Gasteiger partial charge on any atom is -0.504 e. The van der Waals surface area contributed by atoms with Crippen LogP contribution in [0, 0.1) is 0 Å². The van der Waals surface area contributed by atoms with E-state index in [1.165, 1.54) is 31.2 Å². The first-order chi connectivity index (χ1) is 11.2. The molecule has 2 aromatic carbocycles. The molecule has 2 atom stereocenters. The summed E-state index contributed by atoms with van der Waals surface area (Å²) in [5.41, 5.74) is 2.47. The monoisotopic (exact) mass is 311 g/mol. The Morgan fingerprint density at radius 2 is 1.65 bits per heavy atom. The summed E-state index contributed by atoms with van der Waals surface area (Å²) in [7, 11) is 0. The summed E-state index contributed by atoms with van der Waals surface area (Å²) in [6, 6.07) is 16.8. The predicted octanol–water partition coefficient (Wildman–Crippen LogP) is 3.78. The largest absolute Gasteiger partial charge is 0.504 e. The summed E-state index contributed by atoms with van der Waals surface area (Å²) in [5.74, 6) is -0.0787. The van der Waals surface area contributed by atoms with Crippen LogP contribution in [0.15, 0.2) is 48.5 Å². The number of rotatable bonds is 5. The van der Waals surface area contributed by atoms with Crippen LogP contribution in [0.1, 0.15) is 36.8 Å². The average molecular weight is 311 g/mol. The Bertz CT molecular complexity index is 627. The van der Waals surface area contributed by atoms with Gasteiger partial charge < -0.3 is 15.5 Å². The molecule has 1 saturated heterocycles. The van der Waals surface area contributed by atoms with Crippen molar-refractivity contribution < 1.29 is 10.2 Å². The smallest absolute Gasteiger partial charge is 0.157 e. The van der Waals surface area contributed by atoms with Crippen LogP contribution in [-0.4, -0.2) is 22.3 Å². The van der Waals surface area contributed by atoms with Gasteiger partial charge in [0, 0.05) is 12.1 Å². The number of benzene rings is 2. The zero-order valence-corrected chi connectivity index (χ0v) is 13.4. The van der Waals surface area contributed by atoms with E-state index < -0.39 is 0 Å². The molecule has 122 valence electrons. The molecule has 1 aliphatic rings. The van der Waals surface area contributed by atoms with Crippen molar-refractivity contribution in [3.63, 3.8) is 0 Å². The van der Waals surface area contributed by atoms with E-state index >= 15 is 0 Å². The Labute approximate surface area is 138 Å². The number of aromatic hydroxyl groups is 2. The fourth-order valence-corrected chi connectivity index (χ4v) is 3.47. The maximum atomic E-state index is 9.62. The number of nitrogens with one attached hydrogen (secondary N) is 1. The third kappa shape index (κ3) is 4.49. The number of aryl methyl sites for hydroxylation is 1. The SMILES string of the molecule is Oc1ccc(CC2CCCC(CCc3ccccc3)N2)cc1O. The van der Waals surface area contributed by atoms with Crippen LogP contribution in [0.2, 0.25) is 0 Å². The van der Waals surface area contributed by atoms with Crippen LogP contribution >= 0.6 is 0 Å². The molecule has 3 nitrogen and oxygen atoms in total. The van der Waals surface area contributed by atoms with Crippen molar-refractivity contribution in [2.75, 3.05) is 0 Å². The van der Waals surface area contributed by atoms with Gasteiger partial charge in [0.1, 0.15) is 0 Å². The summed E-state index contributed by atoms with van der Waals surface area (Å²) >= 11 is 0. The zero-order valence-electron chi connectivity index (χ0n) is 13.4. The molecule has 0 saturated carbocycles. The molecule has 0 radical (unpaired) electrons. The summed E-state index contributed by atoms with van der Waals surface area (Å²) in [6.07, 6.45) is 6.84. The van der Waals surface area contributed by atoms with Gasteiger partial charge in [-0.05, 0) is 55.4 Å². The Kier molecular flexibility index (Phi) is 5.19. The van der Waals surface area contributed by atoms with E-state index in [4.69, 9.17) is 0 Å². The summed E-state index contributed by atoms with van der Waals surface area (Å²) < 4.78 is 0. The molecule has 0 aliphatic carbocycles. The molecule has 0 spiro atoms. The highest BCUT2D eigenvalue weighted by Gasteiger charge is 2.21. The van der Waals surface area contributed by atoms with Gasteiger partial charge in [-0.25, -0.2) is 0 Å². The van der Waals surface area contributed by atoms with Crippen molar-refractivity contribution in [2.45, 2.75) is 50.6 Å². The van der Waals surface area contributed by atoms with Gasteiger partial charge in [-0.1, -0.05) is 42.8 Å². The highest BCUT2D eigenvalue weighted by Crippen LogP contribution is 2.27. The number of hydrogen-bond acceptors (Lipinski definition) is 3. The molecular formula is C20H25NO2. The standard InChI is InChI=1S/C20H25NO2/c22-19-12-10-16(14-20(19)23)13-18-8-4-7-17(21-18)11-9-15-5-2-1-3-6-15/h1-3,5-6,10,12,14,17-18,21-23H,4,7-9,11,13H2. The molecule has 0 aromatic heterocycles. The van der Waals surface area contributed by atoms with Crippen LogP contribution in [0.4, 0.5) is 0 Å². The van der Waals surface area contributed by atoms with Crippen LogP contribution in [0.3, 0.4) is 0 Å². The van der Waals surface area contributed by atoms with Gasteiger partial charge in [0.05, 0.1) is 0 Å². The number of phenolic OH excluding ortho intramolecular Hbond substituents is 2. The second-order valence-corrected chi connectivity index (χ2v) is 6.54. The molecule has 3 N–H and O–H groups in total. The van der Waals surface area contributed by atoms with Crippen molar-refractivity contribution in [2.24, 2.45) is 0 Å². The van der Waals surface area contributed by atoms with Gasteiger partial charge in [-0.15, -0.1) is 0 Å². The lowest BCUT2D eigenvalue weighted by Gasteiger charge is -2.31. The van der Waals surface area contributed by atoms with Gasteiger partial charge >= 0.3 is 0 Å². The van der Waals surface area contributed by atoms with Crippen molar-refractivity contribution in [3.05, 3.63) is 59.7 Å². The first-order valence-corrected chi connectivity index (χ1v) is 8.51. The Morgan fingerprint density at radius 3 is 2.43 bits per heavy atom. The van der Waals surface area contributed by atoms with E-state index in [9.17, 15) is 10.2 Å². The van der Waals surface area contributed by atoms with Crippen molar-refractivity contribution in [1.29, 1.82) is 0 Å². The van der Waals surface area contributed by atoms with Gasteiger partial charge in [0.25, 0.3) is 0 Å². The van der Waals surface area contributed by atoms with E-state index in [0.717, 1.165) is 18.4 Å². The Morgan fingerprint density at radius 1 is 0.870 bits per heavy atom. The molecule has 1 fully saturated rings. The molecule has 0 amide bonds. The molecule has 3 rings (SSSR count). The van der Waals surface area contributed by atoms with Crippen LogP contribution in [0.5, 0.6) is 11.5 Å². The third-order valence-electron chi connectivity index (χ3n) is 4.72. The summed E-state index contributed by atoms with van der Waals surface area (Å²) in [4.78, 5) is 0. The first-order valence-electron chi connectivity index (χ1n) is 8.51. The Balaban J connectivity index is 1.52. The van der Waals surface area contributed by atoms with E-state index in [1.807, 2.05) is 6.07 Å². The van der Waals surface area contributed by atoms with Gasteiger partial charge in [0.2, 0.25) is 0 Å². The number of hydrogen-bond donors (Lipinski definition) is 3. The molecule has 1 heterocycles. The zero-order chi connectivity index (χ0) is 16.1. The molecule has 0 bridgehead atoms. The van der Waals surface area contributed by atoms with Gasteiger partial charge in [-0.2, -0.15) is 0 Å². The molecule has 2 unspecified atom stereocenters. The van der Waals surface area contributed by atoms with E-state index in [2.05, 4.69) is 35.6 Å². The second kappa shape index (κ2) is 7.51. The van der Waals surface area contributed by atoms with Crippen LogP contribution < -0.4 is 5.32 Å². The lowest BCUT2D eigenvalue weighted by molar-refractivity contribution is 0.306. The van der Waals surface area contributed by atoms with Gasteiger partial charge in [0.15, 0.2) is 11.5 Å². The van der Waals surface area contributed by atoms with Crippen LogP contribution in [-0.2, 0) is 12.8 Å². The van der Waals surface area contributed by atoms with Gasteiger partial charge in [-0.3, -0.25) is 0 Å². The molecule has 1 aliphatic heterocycles. The molecule has 23 heavy (non-hydrogen) atoms. The topological polar surface area (TPSA) is 52.5 Å². The normalized spacial score (nSPS) is 21.2. The lowest BCUT2D eigenvalue weighted by atomic mass is 9.91. The fraction of sp³-hybridized carbons (Fsp3) is 0.400. The Hall–Kier alpha value is -2.00. The quantitative estimate of drug-likeness (QED) is 0.737. The minimum atomic E-state index is -0.0499. The van der Waals surface area contributed by atoms with Crippen molar-refractivity contribution in [3.8, 4) is 11.5 Å². The highest BCUT2D eigenvalue weighted by atomic mass is 16.3. The predicted molar refractivity (Wildman–Crippen MR) is 92.8 cm³/mol. The van der Waals surface area contributed by atoms with Crippen LogP contribution in [0.25, 0.3) is 0 Å².